The van der Waals surface area contributed by atoms with E-state index in [2.05, 4.69) is 12.8 Å². The Morgan fingerprint density at radius 1 is 1.62 bits per heavy atom. The van der Waals surface area contributed by atoms with Crippen molar-refractivity contribution in [3.8, 4) is 0 Å². The van der Waals surface area contributed by atoms with Crippen LogP contribution in [0.2, 0.25) is 0 Å². The van der Waals surface area contributed by atoms with Crippen molar-refractivity contribution in [1.82, 2.24) is 4.08 Å². The molecule has 0 aliphatic carbocycles. The molecule has 0 aromatic heterocycles. The highest BCUT2D eigenvalue weighted by Gasteiger charge is 2.40. The topological polar surface area (TPSA) is 133 Å². The molecule has 1 amide bonds. The molecule has 0 saturated carbocycles. The maximum Gasteiger partial charge on any atom is 0.320 e. The van der Waals surface area contributed by atoms with Crippen molar-refractivity contribution in [2.45, 2.75) is 19.4 Å². The van der Waals surface area contributed by atoms with Gasteiger partial charge in [0.05, 0.1) is 0 Å². The first kappa shape index (κ1) is 16.1. The highest BCUT2D eigenvalue weighted by atomic mass is 33.1. The Labute approximate surface area is 106 Å². The summed E-state index contributed by atoms with van der Waals surface area (Å²) in [6.45, 7) is 1.46. The zero-order valence-electron chi connectivity index (χ0n) is 8.18. The smallest absolute Gasteiger partial charge is 0.272 e. The van der Waals surface area contributed by atoms with Gasteiger partial charge in [-0.2, -0.15) is 0 Å². The zero-order valence-corrected chi connectivity index (χ0v) is 11.6. The number of nitrogens with two attached hydrogens (primary N) is 2. The lowest BCUT2D eigenvalue weighted by molar-refractivity contribution is -0.508. The van der Waals surface area contributed by atoms with Crippen LogP contribution in [0.5, 0.6) is 0 Å². The van der Waals surface area contributed by atoms with E-state index in [1.165, 1.54) is 6.92 Å². The summed E-state index contributed by atoms with van der Waals surface area (Å²) in [5, 5.41) is 20.8. The van der Waals surface area contributed by atoms with Crippen LogP contribution in [0.15, 0.2) is 0 Å². The third-order valence-corrected chi connectivity index (χ3v) is 8.62. The third kappa shape index (κ3) is 3.54. The molecule has 94 valence electrons. The van der Waals surface area contributed by atoms with Crippen LogP contribution >= 0.6 is 41.6 Å². The minimum absolute atomic E-state index is 0.0344. The van der Waals surface area contributed by atoms with Crippen LogP contribution in [0.4, 0.5) is 0 Å². The fourth-order valence-corrected chi connectivity index (χ4v) is 3.89. The normalized spacial score (nSPS) is 13.2. The Morgan fingerprint density at radius 3 is 2.31 bits per heavy atom. The number of carbonyl (C=O) groups is 1. The average molecular weight is 306 g/mol. The van der Waals surface area contributed by atoms with Crippen LogP contribution < -0.4 is 10.3 Å². The van der Waals surface area contributed by atoms with Crippen molar-refractivity contribution in [1.29, 1.82) is 0 Å². The fraction of sp³-hybridized carbons (Fsp3) is 0.750. The van der Waals surface area contributed by atoms with Crippen LogP contribution in [-0.4, -0.2) is 20.9 Å². The lowest BCUT2D eigenvalue weighted by atomic mass is 10.2. The van der Waals surface area contributed by atoms with E-state index in [0.29, 0.717) is 27.2 Å². The summed E-state index contributed by atoms with van der Waals surface area (Å²) in [7, 11) is 0. The van der Waals surface area contributed by atoms with Crippen molar-refractivity contribution < 1.29 is 14.3 Å². The number of hydrogen-bond donors (Lipinski definition) is 3. The second-order valence-electron chi connectivity index (χ2n) is 2.52. The first-order chi connectivity index (χ1) is 7.33. The Kier molecular flexibility index (Phi) is 6.75. The highest BCUT2D eigenvalue weighted by molar-refractivity contribution is 8.89. The number of thiol groups is 1. The summed E-state index contributed by atoms with van der Waals surface area (Å²) in [5.41, 5.74) is -3.50. The van der Waals surface area contributed by atoms with Crippen molar-refractivity contribution >= 4 is 47.6 Å². The first-order valence-electron chi connectivity index (χ1n) is 3.87. The number of carbonyl (C=O) groups excluding carboxylic acids is 1. The van der Waals surface area contributed by atoms with E-state index in [-0.39, 0.29) is 6.42 Å². The monoisotopic (exact) mass is 306 g/mol. The lowest BCUT2D eigenvalue weighted by Gasteiger charge is -2.22. The summed E-state index contributed by atoms with van der Waals surface area (Å²) >= 11 is 4.36. The van der Waals surface area contributed by atoms with Gasteiger partial charge in [-0.1, -0.05) is 19.7 Å². The lowest BCUT2D eigenvalue weighted by Crippen LogP contribution is -2.36. The van der Waals surface area contributed by atoms with E-state index in [4.69, 9.17) is 10.3 Å². The molecular weight excluding hydrogens is 295 g/mol. The summed E-state index contributed by atoms with van der Waals surface area (Å²) in [4.78, 5) is 21.4. The molecule has 16 heavy (non-hydrogen) atoms. The molecule has 12 heteroatoms. The Bertz CT molecular complexity index is 320. The van der Waals surface area contributed by atoms with Crippen molar-refractivity contribution in [3.63, 3.8) is 0 Å². The summed E-state index contributed by atoms with van der Waals surface area (Å²) in [5.74, 6) is -0.991. The van der Waals surface area contributed by atoms with Gasteiger partial charge in [-0.15, -0.1) is 0 Å². The molecule has 4 N–H and O–H groups in total. The van der Waals surface area contributed by atoms with Gasteiger partial charge >= 0.3 is 11.6 Å². The quantitative estimate of drug-likeness (QED) is 0.218. The molecule has 0 bridgehead atoms. The minimum Gasteiger partial charge on any atom is -0.272 e. The number of hydrogen-bond acceptors (Lipinski definition) is 9. The van der Waals surface area contributed by atoms with Crippen molar-refractivity contribution in [2.75, 3.05) is 0 Å². The van der Waals surface area contributed by atoms with Crippen LogP contribution in [0.3, 0.4) is 0 Å². The molecule has 0 spiro atoms. The maximum absolute atomic E-state index is 11.8. The predicted octanol–water partition coefficient (Wildman–Crippen LogP) is 1.04. The van der Waals surface area contributed by atoms with E-state index in [9.17, 15) is 19.5 Å². The van der Waals surface area contributed by atoms with Crippen molar-refractivity contribution in [2.24, 2.45) is 10.3 Å². The Balaban J connectivity index is 4.98. The fourth-order valence-electron chi connectivity index (χ4n) is 0.782. The maximum atomic E-state index is 11.8. The van der Waals surface area contributed by atoms with Gasteiger partial charge in [-0.05, 0) is 0 Å². The van der Waals surface area contributed by atoms with Gasteiger partial charge in [-0.25, -0.2) is 4.08 Å². The van der Waals surface area contributed by atoms with Gasteiger partial charge in [0.2, 0.25) is 0 Å². The molecule has 0 aliphatic heterocycles. The average Bonchev–Trinajstić information content (AvgIpc) is 2.27. The molecule has 0 saturated heterocycles. The number of rotatable bonds is 6. The molecule has 1 unspecified atom stereocenters. The van der Waals surface area contributed by atoms with Crippen molar-refractivity contribution in [3.05, 3.63) is 10.1 Å². The minimum atomic E-state index is -3.50. The Hall–Kier alpha value is 0.0700. The Morgan fingerprint density at radius 2 is 2.06 bits per heavy atom. The molecule has 0 radical (unpaired) electrons. The molecule has 0 aromatic carbocycles. The predicted molar refractivity (Wildman–Crippen MR) is 68.1 cm³/mol. The SMILES string of the molecule is CCC(C(=O)N(S)P(=O)(SN)SN)[N+](=O)[O-]. The summed E-state index contributed by atoms with van der Waals surface area (Å²) < 4.78 is 12.3. The zero-order chi connectivity index (χ0) is 12.9. The van der Waals surface area contributed by atoms with E-state index in [1.54, 1.807) is 0 Å². The molecule has 0 rings (SSSR count). The van der Waals surface area contributed by atoms with Gasteiger partial charge in [0.25, 0.3) is 6.04 Å². The van der Waals surface area contributed by atoms with E-state index in [0.717, 1.165) is 0 Å². The second-order valence-corrected chi connectivity index (χ2v) is 9.92. The molecule has 8 nitrogen and oxygen atoms in total. The molecule has 0 heterocycles. The summed E-state index contributed by atoms with van der Waals surface area (Å²) in [6, 6.07) is -1.50. The highest BCUT2D eigenvalue weighted by Crippen LogP contribution is 2.67. The van der Waals surface area contributed by atoms with E-state index < -0.39 is 22.6 Å². The van der Waals surface area contributed by atoms with Crippen LogP contribution in [0, 0.1) is 10.1 Å². The van der Waals surface area contributed by atoms with E-state index in [1.807, 2.05) is 0 Å². The summed E-state index contributed by atoms with van der Waals surface area (Å²) in [6.07, 6.45) is -0.0344. The molecular formula is C4H11N4O4PS3. The first-order valence-corrected chi connectivity index (χ1v) is 8.90. The number of nitro groups is 1. The molecule has 0 fully saturated rings. The molecule has 0 aliphatic rings. The van der Waals surface area contributed by atoms with Gasteiger partial charge < -0.3 is 0 Å². The van der Waals surface area contributed by atoms with Crippen LogP contribution in [-0.2, 0) is 9.36 Å². The standard InChI is InChI=1S/C4H11N4O4PS3/c1-2-3(7(10)11)4(9)8(14)13(12,15-5)16-6/h3,14H,2,5-6H2,1H3. The number of nitrogens with zero attached hydrogens (tertiary/aromatic N) is 2. The second kappa shape index (κ2) is 6.72. The van der Waals surface area contributed by atoms with Crippen LogP contribution in [0.25, 0.3) is 0 Å². The molecule has 0 aromatic rings. The van der Waals surface area contributed by atoms with Gasteiger partial charge in [0.1, 0.15) is 0 Å². The van der Waals surface area contributed by atoms with Crippen LogP contribution in [0.1, 0.15) is 13.3 Å². The van der Waals surface area contributed by atoms with Gasteiger partial charge in [-0.3, -0.25) is 29.8 Å². The van der Waals surface area contributed by atoms with E-state index >= 15 is 0 Å². The van der Waals surface area contributed by atoms with Gasteiger partial charge in [0.15, 0.2) is 0 Å². The third-order valence-electron chi connectivity index (χ3n) is 1.62. The van der Waals surface area contributed by atoms with Gasteiger partial charge in [0, 0.05) is 34.5 Å². The number of amides is 1. The molecule has 1 atom stereocenters. The largest absolute Gasteiger partial charge is 0.320 e.